The Morgan fingerprint density at radius 3 is 2.62 bits per heavy atom. The number of hydrogen-bond donors (Lipinski definition) is 2. The summed E-state index contributed by atoms with van der Waals surface area (Å²) in [6.07, 6.45) is 0. The molecule has 0 amide bonds. The fourth-order valence-corrected chi connectivity index (χ4v) is 1.46. The van der Waals surface area contributed by atoms with Gasteiger partial charge in [0, 0.05) is 5.02 Å². The van der Waals surface area contributed by atoms with Crippen molar-refractivity contribution in [1.82, 2.24) is 5.43 Å². The third-order valence-corrected chi connectivity index (χ3v) is 2.69. The predicted octanol–water partition coefficient (Wildman–Crippen LogP) is 2.60. The first-order valence-electron chi connectivity index (χ1n) is 5.28. The van der Waals surface area contributed by atoms with Crippen molar-refractivity contribution in [2.45, 2.75) is 26.8 Å². The number of ether oxygens (including phenoxy) is 1. The van der Waals surface area contributed by atoms with E-state index in [0.717, 1.165) is 5.75 Å². The second-order valence-corrected chi connectivity index (χ2v) is 5.29. The normalized spacial score (nSPS) is 13.6. The van der Waals surface area contributed by atoms with Crippen LogP contribution in [0.5, 0.6) is 5.75 Å². The van der Waals surface area contributed by atoms with Gasteiger partial charge in [-0.1, -0.05) is 38.4 Å². The topological polar surface area (TPSA) is 47.3 Å². The van der Waals surface area contributed by atoms with E-state index in [9.17, 15) is 0 Å². The second kappa shape index (κ2) is 5.53. The number of benzene rings is 1. The fraction of sp³-hybridized carbons (Fsp3) is 0.500. The van der Waals surface area contributed by atoms with E-state index in [2.05, 4.69) is 26.2 Å². The van der Waals surface area contributed by atoms with Crippen molar-refractivity contribution in [1.29, 1.82) is 0 Å². The number of hydrogen-bond acceptors (Lipinski definition) is 3. The Hall–Kier alpha value is -0.770. The number of hydrazine groups is 1. The van der Waals surface area contributed by atoms with Crippen LogP contribution in [0.1, 0.15) is 20.8 Å². The monoisotopic (exact) mass is 242 g/mol. The van der Waals surface area contributed by atoms with E-state index in [4.69, 9.17) is 22.2 Å². The van der Waals surface area contributed by atoms with Crippen molar-refractivity contribution in [2.75, 3.05) is 6.61 Å². The van der Waals surface area contributed by atoms with Crippen LogP contribution < -0.4 is 16.0 Å². The van der Waals surface area contributed by atoms with Crippen molar-refractivity contribution in [3.63, 3.8) is 0 Å². The molecule has 0 aromatic heterocycles. The van der Waals surface area contributed by atoms with Crippen LogP contribution in [0.25, 0.3) is 0 Å². The number of rotatable bonds is 4. The van der Waals surface area contributed by atoms with Gasteiger partial charge in [0.15, 0.2) is 0 Å². The minimum Gasteiger partial charge on any atom is -0.492 e. The molecule has 0 radical (unpaired) electrons. The Labute approximate surface area is 102 Å². The molecule has 0 saturated carbocycles. The van der Waals surface area contributed by atoms with E-state index in [1.807, 2.05) is 18.2 Å². The maximum atomic E-state index is 5.86. The lowest BCUT2D eigenvalue weighted by Gasteiger charge is -2.29. The Bertz CT molecular complexity index is 336. The molecule has 3 N–H and O–H groups in total. The van der Waals surface area contributed by atoms with Crippen LogP contribution >= 0.6 is 11.6 Å². The van der Waals surface area contributed by atoms with Crippen molar-refractivity contribution in [3.8, 4) is 5.75 Å². The number of halogens is 1. The van der Waals surface area contributed by atoms with Crippen molar-refractivity contribution in [2.24, 2.45) is 11.3 Å². The van der Waals surface area contributed by atoms with Crippen molar-refractivity contribution >= 4 is 11.6 Å². The quantitative estimate of drug-likeness (QED) is 0.630. The first-order valence-corrected chi connectivity index (χ1v) is 5.66. The molecule has 0 bridgehead atoms. The summed E-state index contributed by atoms with van der Waals surface area (Å²) < 4.78 is 5.64. The predicted molar refractivity (Wildman–Crippen MR) is 67.5 cm³/mol. The van der Waals surface area contributed by atoms with Crippen molar-refractivity contribution < 1.29 is 4.74 Å². The molecule has 0 saturated heterocycles. The molecule has 0 aliphatic rings. The van der Waals surface area contributed by atoms with Crippen LogP contribution in [-0.4, -0.2) is 12.6 Å². The Balaban J connectivity index is 2.56. The molecule has 1 aromatic rings. The van der Waals surface area contributed by atoms with Crippen LogP contribution in [0.15, 0.2) is 24.3 Å². The zero-order valence-electron chi connectivity index (χ0n) is 9.96. The summed E-state index contributed by atoms with van der Waals surface area (Å²) in [5.41, 5.74) is 2.82. The molecule has 1 unspecified atom stereocenters. The summed E-state index contributed by atoms with van der Waals surface area (Å²) in [5, 5.41) is 0.672. The summed E-state index contributed by atoms with van der Waals surface area (Å²) in [5.74, 6) is 6.26. The summed E-state index contributed by atoms with van der Waals surface area (Å²) in [4.78, 5) is 0. The zero-order chi connectivity index (χ0) is 12.2. The molecule has 90 valence electrons. The first-order chi connectivity index (χ1) is 7.43. The number of nitrogens with one attached hydrogen (secondary N) is 1. The average Bonchev–Trinajstić information content (AvgIpc) is 2.16. The van der Waals surface area contributed by atoms with Crippen LogP contribution in [0.2, 0.25) is 5.02 Å². The molecule has 16 heavy (non-hydrogen) atoms. The van der Waals surface area contributed by atoms with E-state index >= 15 is 0 Å². The third-order valence-electron chi connectivity index (χ3n) is 2.46. The van der Waals surface area contributed by atoms with E-state index < -0.39 is 0 Å². The lowest BCUT2D eigenvalue weighted by molar-refractivity contribution is 0.175. The Morgan fingerprint density at radius 1 is 1.44 bits per heavy atom. The summed E-state index contributed by atoms with van der Waals surface area (Å²) in [6.45, 7) is 6.84. The highest BCUT2D eigenvalue weighted by molar-refractivity contribution is 6.30. The highest BCUT2D eigenvalue weighted by Crippen LogP contribution is 2.21. The van der Waals surface area contributed by atoms with Gasteiger partial charge in [0.2, 0.25) is 0 Å². The van der Waals surface area contributed by atoms with Gasteiger partial charge in [0.25, 0.3) is 0 Å². The van der Waals surface area contributed by atoms with E-state index in [0.29, 0.717) is 11.6 Å². The highest BCUT2D eigenvalue weighted by atomic mass is 35.5. The largest absolute Gasteiger partial charge is 0.492 e. The van der Waals surface area contributed by atoms with Gasteiger partial charge in [-0.3, -0.25) is 11.3 Å². The van der Waals surface area contributed by atoms with Gasteiger partial charge in [-0.2, -0.15) is 0 Å². The summed E-state index contributed by atoms with van der Waals surface area (Å²) >= 11 is 5.86. The van der Waals surface area contributed by atoms with Crippen LogP contribution in [-0.2, 0) is 0 Å². The molecule has 1 aromatic carbocycles. The van der Waals surface area contributed by atoms with Gasteiger partial charge in [0.1, 0.15) is 12.4 Å². The van der Waals surface area contributed by atoms with Crippen molar-refractivity contribution in [3.05, 3.63) is 29.3 Å². The molecular formula is C12H19ClN2O. The second-order valence-electron chi connectivity index (χ2n) is 4.85. The standard InChI is InChI=1S/C12H19ClN2O/c1-12(2,3)11(15-14)8-16-10-6-4-5-9(13)7-10/h4-7,11,15H,8,14H2,1-3H3. The van der Waals surface area contributed by atoms with Gasteiger partial charge in [-0.25, -0.2) is 0 Å². The smallest absolute Gasteiger partial charge is 0.120 e. The van der Waals surface area contributed by atoms with Crippen LogP contribution in [0.3, 0.4) is 0 Å². The van der Waals surface area contributed by atoms with E-state index in [-0.39, 0.29) is 11.5 Å². The Morgan fingerprint density at radius 2 is 2.12 bits per heavy atom. The maximum absolute atomic E-state index is 5.86. The van der Waals surface area contributed by atoms with Gasteiger partial charge in [-0.05, 0) is 23.6 Å². The first kappa shape index (κ1) is 13.3. The summed E-state index contributed by atoms with van der Waals surface area (Å²) in [7, 11) is 0. The SMILES string of the molecule is CC(C)(C)C(COc1cccc(Cl)c1)NN. The zero-order valence-corrected chi connectivity index (χ0v) is 10.7. The van der Waals surface area contributed by atoms with Gasteiger partial charge in [0.05, 0.1) is 6.04 Å². The fourth-order valence-electron chi connectivity index (χ4n) is 1.28. The molecule has 0 aliphatic carbocycles. The van der Waals surface area contributed by atoms with Crippen LogP contribution in [0, 0.1) is 5.41 Å². The molecule has 4 heteroatoms. The minimum atomic E-state index is 0.0489. The molecular weight excluding hydrogens is 224 g/mol. The van der Waals surface area contributed by atoms with Crippen LogP contribution in [0.4, 0.5) is 0 Å². The molecule has 0 fully saturated rings. The molecule has 1 rings (SSSR count). The highest BCUT2D eigenvalue weighted by Gasteiger charge is 2.23. The minimum absolute atomic E-state index is 0.0489. The van der Waals surface area contributed by atoms with Gasteiger partial charge < -0.3 is 4.74 Å². The molecule has 1 atom stereocenters. The lowest BCUT2D eigenvalue weighted by atomic mass is 9.88. The third kappa shape index (κ3) is 4.00. The van der Waals surface area contributed by atoms with Gasteiger partial charge >= 0.3 is 0 Å². The van der Waals surface area contributed by atoms with E-state index in [1.54, 1.807) is 6.07 Å². The average molecular weight is 243 g/mol. The maximum Gasteiger partial charge on any atom is 0.120 e. The van der Waals surface area contributed by atoms with E-state index in [1.165, 1.54) is 0 Å². The lowest BCUT2D eigenvalue weighted by Crippen LogP contribution is -2.48. The molecule has 3 nitrogen and oxygen atoms in total. The molecule has 0 spiro atoms. The Kier molecular flexibility index (Phi) is 4.59. The van der Waals surface area contributed by atoms with Gasteiger partial charge in [-0.15, -0.1) is 0 Å². The molecule has 0 heterocycles. The summed E-state index contributed by atoms with van der Waals surface area (Å²) in [6, 6.07) is 7.43. The molecule has 0 aliphatic heterocycles. The number of nitrogens with two attached hydrogens (primary N) is 1.